The number of hydrogen-bond acceptors (Lipinski definition) is 3. The van der Waals surface area contributed by atoms with Gasteiger partial charge in [0.15, 0.2) is 0 Å². The van der Waals surface area contributed by atoms with E-state index in [4.69, 9.17) is 11.6 Å². The fourth-order valence-corrected chi connectivity index (χ4v) is 2.37. The van der Waals surface area contributed by atoms with Gasteiger partial charge in [-0.1, -0.05) is 48.0 Å². The van der Waals surface area contributed by atoms with Crippen LogP contribution in [-0.2, 0) is 0 Å². The molecule has 0 amide bonds. The maximum atomic E-state index is 11.8. The molecule has 3 rings (SSSR count). The molecule has 0 atom stereocenters. The van der Waals surface area contributed by atoms with E-state index >= 15 is 0 Å². The summed E-state index contributed by atoms with van der Waals surface area (Å²) in [7, 11) is 0. The topological polar surface area (TPSA) is 37.4 Å². The van der Waals surface area contributed by atoms with E-state index in [-0.39, 0.29) is 10.7 Å². The van der Waals surface area contributed by atoms with E-state index in [9.17, 15) is 9.59 Å². The van der Waals surface area contributed by atoms with E-state index in [1.165, 1.54) is 0 Å². The van der Waals surface area contributed by atoms with Crippen LogP contribution in [0.25, 0.3) is 0 Å². The van der Waals surface area contributed by atoms with Gasteiger partial charge < -0.3 is 4.90 Å². The van der Waals surface area contributed by atoms with Crippen molar-refractivity contribution in [2.45, 2.75) is 0 Å². The lowest BCUT2D eigenvalue weighted by Crippen LogP contribution is -2.37. The van der Waals surface area contributed by atoms with Crippen LogP contribution in [0.3, 0.4) is 0 Å². The molecule has 0 aliphatic rings. The minimum absolute atomic E-state index is 0.0114. The van der Waals surface area contributed by atoms with Crippen molar-refractivity contribution < 1.29 is 0 Å². The molecule has 0 heterocycles. The lowest BCUT2D eigenvalue weighted by Gasteiger charge is -2.26. The molecule has 0 aliphatic heterocycles. The molecule has 0 saturated heterocycles. The van der Waals surface area contributed by atoms with Crippen LogP contribution >= 0.6 is 11.6 Å². The Balaban J connectivity index is 2.21. The molecule has 0 unspecified atom stereocenters. The van der Waals surface area contributed by atoms with Gasteiger partial charge in [-0.3, -0.25) is 9.59 Å². The molecule has 0 aliphatic carbocycles. The Morgan fingerprint density at radius 1 is 0.700 bits per heavy atom. The van der Waals surface area contributed by atoms with Gasteiger partial charge in [0.2, 0.25) is 5.43 Å². The van der Waals surface area contributed by atoms with Gasteiger partial charge in [-0.25, -0.2) is 0 Å². The van der Waals surface area contributed by atoms with Gasteiger partial charge in [0.05, 0.1) is 0 Å². The average Bonchev–Trinajstić information content (AvgIpc) is 2.53. The van der Waals surface area contributed by atoms with Crippen molar-refractivity contribution in [2.75, 3.05) is 4.90 Å². The number of halogens is 1. The van der Waals surface area contributed by atoms with Crippen LogP contribution in [-0.4, -0.2) is 0 Å². The lowest BCUT2D eigenvalue weighted by molar-refractivity contribution is 1.22. The minimum Gasteiger partial charge on any atom is -0.305 e. The van der Waals surface area contributed by atoms with E-state index in [0.29, 0.717) is 0 Å². The summed E-state index contributed by atoms with van der Waals surface area (Å²) in [5.41, 5.74) is 0.621. The predicted octanol–water partition coefficient (Wildman–Crippen LogP) is 3.41. The normalized spacial score (nSPS) is 10.7. The van der Waals surface area contributed by atoms with Crippen LogP contribution in [0, 0.1) is 0 Å². The lowest BCUT2D eigenvalue weighted by atomic mass is 10.1. The summed E-state index contributed by atoms with van der Waals surface area (Å²) in [4.78, 5) is 24.9. The van der Waals surface area contributed by atoms with Crippen molar-refractivity contribution in [3.8, 4) is 0 Å². The molecule has 0 saturated carbocycles. The van der Waals surface area contributed by atoms with Crippen molar-refractivity contribution in [1.82, 2.24) is 0 Å². The zero-order valence-electron chi connectivity index (χ0n) is 10.4. The van der Waals surface area contributed by atoms with E-state index in [1.807, 2.05) is 60.7 Å². The highest BCUT2D eigenvalue weighted by atomic mass is 35.5. The summed E-state index contributed by atoms with van der Waals surface area (Å²) in [5.74, 6) is 0. The summed E-state index contributed by atoms with van der Waals surface area (Å²) in [6.45, 7) is 0. The van der Waals surface area contributed by atoms with Crippen LogP contribution in [0.15, 0.2) is 70.3 Å². The number of benzene rings is 2. The van der Waals surface area contributed by atoms with Crippen LogP contribution in [0.4, 0.5) is 17.1 Å². The molecule has 0 spiro atoms. The van der Waals surface area contributed by atoms with Crippen LogP contribution in [0.5, 0.6) is 0 Å². The summed E-state index contributed by atoms with van der Waals surface area (Å²) in [6.07, 6.45) is 0. The number of para-hydroxylation sites is 2. The third kappa shape index (κ3) is 1.92. The van der Waals surface area contributed by atoms with Gasteiger partial charge in [0.1, 0.15) is 10.7 Å². The highest BCUT2D eigenvalue weighted by Crippen LogP contribution is 2.35. The number of nitrogens with zero attached hydrogens (tertiary/aromatic N) is 1. The number of anilines is 3. The van der Waals surface area contributed by atoms with Gasteiger partial charge in [-0.2, -0.15) is 0 Å². The SMILES string of the molecule is O=c1c(Cl)c(N(c2ccccc2)c2ccccc2)c1=O. The largest absolute Gasteiger partial charge is 0.305 e. The van der Waals surface area contributed by atoms with E-state index in [0.717, 1.165) is 11.4 Å². The first-order chi connectivity index (χ1) is 9.70. The van der Waals surface area contributed by atoms with E-state index in [2.05, 4.69) is 0 Å². The van der Waals surface area contributed by atoms with Gasteiger partial charge in [0.25, 0.3) is 5.43 Å². The van der Waals surface area contributed by atoms with Crippen LogP contribution in [0.1, 0.15) is 0 Å². The molecule has 3 aromatic rings. The highest BCUT2D eigenvalue weighted by Gasteiger charge is 2.26. The molecule has 0 aromatic heterocycles. The summed E-state index contributed by atoms with van der Waals surface area (Å²) < 4.78 is 0. The van der Waals surface area contributed by atoms with Crippen molar-refractivity contribution >= 4 is 28.7 Å². The van der Waals surface area contributed by atoms with Crippen LogP contribution < -0.4 is 15.8 Å². The second-order valence-corrected chi connectivity index (χ2v) is 4.71. The Kier molecular flexibility index (Phi) is 3.12. The first-order valence-corrected chi connectivity index (χ1v) is 6.47. The van der Waals surface area contributed by atoms with Crippen molar-refractivity contribution in [2.24, 2.45) is 0 Å². The maximum absolute atomic E-state index is 11.8. The molecular weight excluding hydrogens is 274 g/mol. The molecule has 3 aromatic carbocycles. The molecular formula is C16H10ClNO2. The summed E-state index contributed by atoms with van der Waals surface area (Å²) in [5, 5.41) is -0.0114. The number of hydrogen-bond donors (Lipinski definition) is 0. The summed E-state index contributed by atoms with van der Waals surface area (Å²) >= 11 is 5.92. The average molecular weight is 284 g/mol. The van der Waals surface area contributed by atoms with E-state index in [1.54, 1.807) is 4.90 Å². The Bertz CT molecular complexity index is 766. The Labute approximate surface area is 120 Å². The van der Waals surface area contributed by atoms with Gasteiger partial charge in [-0.05, 0) is 24.3 Å². The molecule has 20 heavy (non-hydrogen) atoms. The Morgan fingerprint density at radius 3 is 1.55 bits per heavy atom. The molecule has 3 nitrogen and oxygen atoms in total. The van der Waals surface area contributed by atoms with Gasteiger partial charge in [0, 0.05) is 11.4 Å². The molecule has 0 N–H and O–H groups in total. The Morgan fingerprint density at radius 2 is 1.15 bits per heavy atom. The second-order valence-electron chi connectivity index (χ2n) is 4.33. The van der Waals surface area contributed by atoms with Gasteiger partial charge >= 0.3 is 0 Å². The molecule has 98 valence electrons. The summed E-state index contributed by atoms with van der Waals surface area (Å²) in [6, 6.07) is 18.7. The van der Waals surface area contributed by atoms with Gasteiger partial charge in [-0.15, -0.1) is 0 Å². The third-order valence-electron chi connectivity index (χ3n) is 3.08. The smallest absolute Gasteiger partial charge is 0.252 e. The maximum Gasteiger partial charge on any atom is 0.252 e. The Hall–Kier alpha value is -2.39. The van der Waals surface area contributed by atoms with E-state index < -0.39 is 10.9 Å². The standard InChI is InChI=1S/C16H10ClNO2/c17-13-14(16(20)15(13)19)18(11-7-3-1-4-8-11)12-9-5-2-6-10-12/h1-10H. The fourth-order valence-electron chi connectivity index (χ4n) is 2.11. The molecule has 0 radical (unpaired) electrons. The number of rotatable bonds is 3. The quantitative estimate of drug-likeness (QED) is 0.691. The van der Waals surface area contributed by atoms with Crippen LogP contribution in [0.2, 0.25) is 5.02 Å². The molecule has 0 fully saturated rings. The van der Waals surface area contributed by atoms with Crippen molar-refractivity contribution in [1.29, 1.82) is 0 Å². The second kappa shape index (κ2) is 4.94. The first-order valence-electron chi connectivity index (χ1n) is 6.09. The van der Waals surface area contributed by atoms with Crippen molar-refractivity contribution in [3.63, 3.8) is 0 Å². The first kappa shape index (κ1) is 12.6. The fraction of sp³-hybridized carbons (Fsp3) is 0. The van der Waals surface area contributed by atoms with Crippen molar-refractivity contribution in [3.05, 3.63) is 86.1 Å². The third-order valence-corrected chi connectivity index (χ3v) is 3.43. The zero-order valence-corrected chi connectivity index (χ0v) is 11.2. The minimum atomic E-state index is -0.626. The molecule has 4 heteroatoms. The molecule has 0 bridgehead atoms. The zero-order chi connectivity index (χ0) is 14.1. The highest BCUT2D eigenvalue weighted by molar-refractivity contribution is 6.34. The predicted molar refractivity (Wildman–Crippen MR) is 81.0 cm³/mol. The monoisotopic (exact) mass is 283 g/mol.